The smallest absolute Gasteiger partial charge is 0.305 e. The minimum absolute atomic E-state index is 0.00731. The number of carbonyl (C=O) groups is 1. The Morgan fingerprint density at radius 2 is 1.81 bits per heavy atom. The average molecular weight is 427 g/mol. The van der Waals surface area contributed by atoms with Crippen LogP contribution in [-0.2, 0) is 4.79 Å². The summed E-state index contributed by atoms with van der Waals surface area (Å²) in [6, 6.07) is 11.1. The van der Waals surface area contributed by atoms with Gasteiger partial charge in [-0.1, -0.05) is 18.2 Å². The Hall–Kier alpha value is -3.16. The molecule has 6 nitrogen and oxygen atoms in total. The molecule has 0 bridgehead atoms. The second-order valence-electron chi connectivity index (χ2n) is 7.85. The summed E-state index contributed by atoms with van der Waals surface area (Å²) in [7, 11) is 0. The van der Waals surface area contributed by atoms with Crippen molar-refractivity contribution in [2.24, 2.45) is 0 Å². The van der Waals surface area contributed by atoms with Crippen LogP contribution in [0.3, 0.4) is 0 Å². The minimum Gasteiger partial charge on any atom is -0.508 e. The van der Waals surface area contributed by atoms with Crippen LogP contribution < -0.4 is 0 Å². The summed E-state index contributed by atoms with van der Waals surface area (Å²) in [5.41, 5.74) is 3.12. The average Bonchev–Trinajstić information content (AvgIpc) is 2.99. The molecule has 164 valence electrons. The number of phenols is 1. The van der Waals surface area contributed by atoms with Gasteiger partial charge in [-0.05, 0) is 49.8 Å². The second-order valence-corrected chi connectivity index (χ2v) is 7.85. The maximum absolute atomic E-state index is 13.5. The molecule has 7 heteroatoms. The zero-order valence-corrected chi connectivity index (χ0v) is 17.4. The fourth-order valence-electron chi connectivity index (χ4n) is 3.80. The minimum atomic E-state index is -1.17. The molecule has 0 fully saturated rings. The predicted octanol–water partition coefficient (Wildman–Crippen LogP) is 4.33. The Balaban J connectivity index is 2.12. The third-order valence-corrected chi connectivity index (χ3v) is 5.08. The highest BCUT2D eigenvalue weighted by atomic mass is 19.1. The highest BCUT2D eigenvalue weighted by Gasteiger charge is 2.20. The van der Waals surface area contributed by atoms with Crippen molar-refractivity contribution in [2.75, 3.05) is 0 Å². The van der Waals surface area contributed by atoms with Gasteiger partial charge < -0.3 is 25.0 Å². The quantitative estimate of drug-likeness (QED) is 0.428. The molecule has 0 amide bonds. The Bertz CT molecular complexity index is 1100. The standard InChI is InChI=1S/C24H26FNO5/c1-14(2)26-21(10-8-17(27)11-19(29)13-23(30)31)24(15-3-5-16(25)6-4-15)20-9-7-18(28)12-22(20)26/h3-10,12,14,17,19,27-29H,11,13H2,1-2H3,(H,30,31)/b10-8+. The molecule has 0 radical (unpaired) electrons. The largest absolute Gasteiger partial charge is 0.508 e. The van der Waals surface area contributed by atoms with E-state index in [0.29, 0.717) is 0 Å². The fraction of sp³-hybridized carbons (Fsp3) is 0.292. The van der Waals surface area contributed by atoms with Gasteiger partial charge in [0.25, 0.3) is 0 Å². The molecule has 1 heterocycles. The van der Waals surface area contributed by atoms with Crippen molar-refractivity contribution in [3.8, 4) is 16.9 Å². The first-order chi connectivity index (χ1) is 14.7. The molecular formula is C24H26FNO5. The van der Waals surface area contributed by atoms with E-state index in [1.807, 2.05) is 18.4 Å². The first kappa shape index (κ1) is 22.5. The molecule has 1 aromatic heterocycles. The number of benzene rings is 2. The summed E-state index contributed by atoms with van der Waals surface area (Å²) in [5, 5.41) is 39.8. The van der Waals surface area contributed by atoms with Crippen LogP contribution in [-0.4, -0.2) is 43.2 Å². The summed E-state index contributed by atoms with van der Waals surface area (Å²) < 4.78 is 15.5. The number of aliphatic hydroxyl groups excluding tert-OH is 2. The maximum atomic E-state index is 13.5. The fourth-order valence-corrected chi connectivity index (χ4v) is 3.80. The van der Waals surface area contributed by atoms with Crippen molar-refractivity contribution in [1.82, 2.24) is 4.57 Å². The first-order valence-corrected chi connectivity index (χ1v) is 10.1. The van der Waals surface area contributed by atoms with Crippen molar-refractivity contribution in [3.05, 3.63) is 60.1 Å². The maximum Gasteiger partial charge on any atom is 0.305 e. The number of halogens is 1. The monoisotopic (exact) mass is 427 g/mol. The number of aliphatic hydroxyl groups is 2. The van der Waals surface area contributed by atoms with Crippen LogP contribution in [0.1, 0.15) is 38.4 Å². The second kappa shape index (κ2) is 9.32. The summed E-state index contributed by atoms with van der Waals surface area (Å²) in [4.78, 5) is 10.7. The Labute approximate surface area is 179 Å². The number of hydrogen-bond donors (Lipinski definition) is 4. The van der Waals surface area contributed by atoms with Crippen molar-refractivity contribution in [2.45, 2.75) is 44.9 Å². The number of aromatic nitrogens is 1. The van der Waals surface area contributed by atoms with Crippen molar-refractivity contribution >= 4 is 22.9 Å². The molecule has 0 aliphatic heterocycles. The van der Waals surface area contributed by atoms with Crippen molar-refractivity contribution < 1.29 is 29.6 Å². The number of phenolic OH excluding ortho intramolecular Hbond substituents is 1. The van der Waals surface area contributed by atoms with Gasteiger partial charge >= 0.3 is 5.97 Å². The lowest BCUT2D eigenvalue weighted by Crippen LogP contribution is -2.19. The van der Waals surface area contributed by atoms with Crippen LogP contribution in [0.4, 0.5) is 4.39 Å². The van der Waals surface area contributed by atoms with Gasteiger partial charge in [0.1, 0.15) is 11.6 Å². The van der Waals surface area contributed by atoms with E-state index < -0.39 is 24.6 Å². The molecule has 0 aliphatic rings. The molecule has 0 saturated carbocycles. The van der Waals surface area contributed by atoms with Gasteiger partial charge in [-0.3, -0.25) is 4.79 Å². The van der Waals surface area contributed by atoms with Gasteiger partial charge in [0.2, 0.25) is 0 Å². The molecule has 0 aliphatic carbocycles. The third kappa shape index (κ3) is 5.13. The van der Waals surface area contributed by atoms with Crippen LogP contribution in [0.5, 0.6) is 5.75 Å². The van der Waals surface area contributed by atoms with E-state index in [0.717, 1.165) is 27.7 Å². The van der Waals surface area contributed by atoms with E-state index >= 15 is 0 Å². The SMILES string of the molecule is CC(C)n1c(/C=C/C(O)CC(O)CC(=O)O)c(-c2ccc(F)cc2)c2ccc(O)cc21. The van der Waals surface area contributed by atoms with Gasteiger partial charge in [0.05, 0.1) is 24.1 Å². The number of aromatic hydroxyl groups is 1. The number of nitrogens with zero attached hydrogens (tertiary/aromatic N) is 1. The van der Waals surface area contributed by atoms with E-state index in [2.05, 4.69) is 0 Å². The van der Waals surface area contributed by atoms with Crippen molar-refractivity contribution in [1.29, 1.82) is 0 Å². The molecule has 3 aromatic rings. The zero-order valence-electron chi connectivity index (χ0n) is 17.4. The highest BCUT2D eigenvalue weighted by Crippen LogP contribution is 2.39. The van der Waals surface area contributed by atoms with Gasteiger partial charge in [-0.15, -0.1) is 0 Å². The van der Waals surface area contributed by atoms with Crippen molar-refractivity contribution in [3.63, 3.8) is 0 Å². The topological polar surface area (TPSA) is 103 Å². The Morgan fingerprint density at radius 1 is 1.13 bits per heavy atom. The normalized spacial score (nSPS) is 13.9. The van der Waals surface area contributed by atoms with Crippen LogP contribution in [0.15, 0.2) is 48.5 Å². The van der Waals surface area contributed by atoms with E-state index in [4.69, 9.17) is 5.11 Å². The van der Waals surface area contributed by atoms with E-state index in [9.17, 15) is 24.5 Å². The molecule has 4 N–H and O–H groups in total. The molecule has 2 atom stereocenters. The predicted molar refractivity (Wildman–Crippen MR) is 117 cm³/mol. The first-order valence-electron chi connectivity index (χ1n) is 10.1. The summed E-state index contributed by atoms with van der Waals surface area (Å²) in [5.74, 6) is -1.37. The zero-order chi connectivity index (χ0) is 22.7. The van der Waals surface area contributed by atoms with Gasteiger partial charge in [0, 0.05) is 35.2 Å². The number of rotatable bonds is 8. The number of carboxylic acid groups (broad SMARTS) is 1. The number of carboxylic acids is 1. The number of fused-ring (bicyclic) bond motifs is 1. The molecule has 2 aromatic carbocycles. The lowest BCUT2D eigenvalue weighted by atomic mass is 10.0. The Morgan fingerprint density at radius 3 is 2.42 bits per heavy atom. The lowest BCUT2D eigenvalue weighted by molar-refractivity contribution is -0.139. The van der Waals surface area contributed by atoms with E-state index in [1.165, 1.54) is 18.2 Å². The van der Waals surface area contributed by atoms with Gasteiger partial charge in [-0.2, -0.15) is 0 Å². The molecule has 3 rings (SSSR count). The molecule has 31 heavy (non-hydrogen) atoms. The summed E-state index contributed by atoms with van der Waals surface area (Å²) in [6.45, 7) is 3.98. The van der Waals surface area contributed by atoms with Crippen LogP contribution in [0.2, 0.25) is 0 Å². The van der Waals surface area contributed by atoms with Crippen LogP contribution >= 0.6 is 0 Å². The molecule has 0 saturated heterocycles. The molecule has 2 unspecified atom stereocenters. The van der Waals surface area contributed by atoms with Crippen LogP contribution in [0, 0.1) is 5.82 Å². The third-order valence-electron chi connectivity index (χ3n) is 5.08. The molecular weight excluding hydrogens is 401 g/mol. The summed E-state index contributed by atoms with van der Waals surface area (Å²) >= 11 is 0. The molecule has 0 spiro atoms. The lowest BCUT2D eigenvalue weighted by Gasteiger charge is -2.15. The van der Waals surface area contributed by atoms with Gasteiger partial charge in [-0.25, -0.2) is 4.39 Å². The van der Waals surface area contributed by atoms with Gasteiger partial charge in [0.15, 0.2) is 0 Å². The van der Waals surface area contributed by atoms with E-state index in [-0.39, 0.29) is 24.0 Å². The van der Waals surface area contributed by atoms with E-state index in [1.54, 1.807) is 36.4 Å². The highest BCUT2D eigenvalue weighted by molar-refractivity contribution is 6.01. The number of hydrogen-bond acceptors (Lipinski definition) is 4. The Kier molecular flexibility index (Phi) is 6.77. The number of aliphatic carboxylic acids is 1. The van der Waals surface area contributed by atoms with Crippen LogP contribution in [0.25, 0.3) is 28.1 Å². The summed E-state index contributed by atoms with van der Waals surface area (Å²) in [6.07, 6.45) is 0.442.